The molecule has 0 aliphatic rings. The lowest BCUT2D eigenvalue weighted by molar-refractivity contribution is 0.0889. The standard InChI is InChI=1S/C21H24FN3O3/c1-21(2,24-12-19(27)15-8-7-14(26)11-16(15)22)10-9-20(28)25-13-23-17-5-3-4-6-18(17)25/h3-8,11,13,19,24,26-27H,9-10,12H2,1-2H3. The Bertz CT molecular complexity index is 984. The van der Waals surface area contributed by atoms with Crippen molar-refractivity contribution in [2.45, 2.75) is 38.3 Å². The molecule has 3 N–H and O–H groups in total. The summed E-state index contributed by atoms with van der Waals surface area (Å²) in [5.41, 5.74) is 1.21. The number of phenols is 1. The Morgan fingerprint density at radius 2 is 2.04 bits per heavy atom. The van der Waals surface area contributed by atoms with Crippen LogP contribution in [0.5, 0.6) is 5.75 Å². The Kier molecular flexibility index (Phi) is 5.76. The third-order valence-corrected chi connectivity index (χ3v) is 4.80. The number of hydrogen-bond acceptors (Lipinski definition) is 5. The van der Waals surface area contributed by atoms with Crippen LogP contribution in [0.2, 0.25) is 0 Å². The monoisotopic (exact) mass is 385 g/mol. The van der Waals surface area contributed by atoms with Crippen molar-refractivity contribution in [2.75, 3.05) is 6.54 Å². The normalized spacial score (nSPS) is 13.0. The molecular formula is C21H24FN3O3. The van der Waals surface area contributed by atoms with Gasteiger partial charge in [0.05, 0.1) is 17.1 Å². The van der Waals surface area contributed by atoms with Gasteiger partial charge >= 0.3 is 0 Å². The predicted octanol–water partition coefficient (Wildman–Crippen LogP) is 3.40. The second-order valence-corrected chi connectivity index (χ2v) is 7.48. The molecule has 0 amide bonds. The van der Waals surface area contributed by atoms with Crippen molar-refractivity contribution >= 4 is 16.9 Å². The van der Waals surface area contributed by atoms with Gasteiger partial charge in [-0.05, 0) is 44.5 Å². The first kappa shape index (κ1) is 20.0. The van der Waals surface area contributed by atoms with E-state index in [0.29, 0.717) is 12.8 Å². The molecule has 28 heavy (non-hydrogen) atoms. The van der Waals surface area contributed by atoms with Crippen LogP contribution in [-0.4, -0.2) is 37.8 Å². The molecule has 1 heterocycles. The molecule has 3 rings (SSSR count). The molecule has 3 aromatic rings. The second kappa shape index (κ2) is 8.08. The van der Waals surface area contributed by atoms with Gasteiger partial charge in [-0.1, -0.05) is 12.1 Å². The first-order chi connectivity index (χ1) is 13.3. The Morgan fingerprint density at radius 1 is 1.29 bits per heavy atom. The zero-order valence-corrected chi connectivity index (χ0v) is 15.9. The van der Waals surface area contributed by atoms with Crippen LogP contribution < -0.4 is 5.32 Å². The largest absolute Gasteiger partial charge is 0.508 e. The number of aromatic nitrogens is 2. The number of benzene rings is 2. The summed E-state index contributed by atoms with van der Waals surface area (Å²) in [5, 5.41) is 22.7. The number of para-hydroxylation sites is 2. The SMILES string of the molecule is CC(C)(CCC(=O)n1cnc2ccccc21)NCC(O)c1ccc(O)cc1F. The molecule has 1 unspecified atom stereocenters. The highest BCUT2D eigenvalue weighted by Crippen LogP contribution is 2.22. The van der Waals surface area contributed by atoms with Crippen molar-refractivity contribution in [1.29, 1.82) is 0 Å². The fourth-order valence-electron chi connectivity index (χ4n) is 3.06. The fraction of sp³-hybridized carbons (Fsp3) is 0.333. The van der Waals surface area contributed by atoms with Crippen LogP contribution in [0, 0.1) is 5.82 Å². The maximum atomic E-state index is 13.9. The molecule has 0 aliphatic heterocycles. The zero-order chi connectivity index (χ0) is 20.3. The first-order valence-electron chi connectivity index (χ1n) is 9.14. The minimum Gasteiger partial charge on any atom is -0.508 e. The summed E-state index contributed by atoms with van der Waals surface area (Å²) in [7, 11) is 0. The summed E-state index contributed by atoms with van der Waals surface area (Å²) in [6.07, 6.45) is 1.30. The van der Waals surface area contributed by atoms with Gasteiger partial charge in [-0.15, -0.1) is 0 Å². The van der Waals surface area contributed by atoms with Crippen molar-refractivity contribution in [3.8, 4) is 5.75 Å². The summed E-state index contributed by atoms with van der Waals surface area (Å²) in [6.45, 7) is 3.97. The van der Waals surface area contributed by atoms with Gasteiger partial charge in [0, 0.05) is 30.1 Å². The molecule has 0 bridgehead atoms. The third kappa shape index (κ3) is 4.55. The van der Waals surface area contributed by atoms with Crippen molar-refractivity contribution in [3.05, 3.63) is 60.2 Å². The number of carbonyl (C=O) groups is 1. The first-order valence-corrected chi connectivity index (χ1v) is 9.14. The second-order valence-electron chi connectivity index (χ2n) is 7.48. The number of carbonyl (C=O) groups excluding carboxylic acids is 1. The van der Waals surface area contributed by atoms with E-state index in [1.54, 1.807) is 4.57 Å². The number of β-amino-alcohol motifs (C(OH)–C–C–N with tert-alkyl or cyclic N) is 1. The molecule has 2 aromatic carbocycles. The van der Waals surface area contributed by atoms with Crippen molar-refractivity contribution in [1.82, 2.24) is 14.9 Å². The van der Waals surface area contributed by atoms with Gasteiger partial charge in [-0.3, -0.25) is 9.36 Å². The maximum Gasteiger partial charge on any atom is 0.232 e. The minimum absolute atomic E-state index is 0.0614. The average Bonchev–Trinajstić information content (AvgIpc) is 3.09. The molecular weight excluding hydrogens is 361 g/mol. The number of nitrogens with zero attached hydrogens (tertiary/aromatic N) is 2. The van der Waals surface area contributed by atoms with Crippen molar-refractivity contribution in [2.24, 2.45) is 0 Å². The predicted molar refractivity (Wildman–Crippen MR) is 105 cm³/mol. The summed E-state index contributed by atoms with van der Waals surface area (Å²) in [4.78, 5) is 16.8. The number of phenolic OH excluding ortho intramolecular Hbond substituents is 1. The van der Waals surface area contributed by atoms with Gasteiger partial charge < -0.3 is 15.5 Å². The van der Waals surface area contributed by atoms with E-state index < -0.39 is 17.5 Å². The van der Waals surface area contributed by atoms with E-state index in [4.69, 9.17) is 0 Å². The van der Waals surface area contributed by atoms with Gasteiger partial charge in [-0.2, -0.15) is 0 Å². The van der Waals surface area contributed by atoms with Crippen LogP contribution in [0.15, 0.2) is 48.8 Å². The Morgan fingerprint density at radius 3 is 2.79 bits per heavy atom. The van der Waals surface area contributed by atoms with E-state index in [1.165, 1.54) is 18.5 Å². The number of hydrogen-bond donors (Lipinski definition) is 3. The lowest BCUT2D eigenvalue weighted by Gasteiger charge is -2.28. The number of fused-ring (bicyclic) bond motifs is 1. The van der Waals surface area contributed by atoms with Crippen LogP contribution in [0.4, 0.5) is 4.39 Å². The van der Waals surface area contributed by atoms with Gasteiger partial charge in [0.25, 0.3) is 0 Å². The van der Waals surface area contributed by atoms with E-state index in [0.717, 1.165) is 17.1 Å². The van der Waals surface area contributed by atoms with E-state index in [-0.39, 0.29) is 23.8 Å². The third-order valence-electron chi connectivity index (χ3n) is 4.80. The molecule has 0 radical (unpaired) electrons. The molecule has 0 spiro atoms. The van der Waals surface area contributed by atoms with Crippen molar-refractivity contribution < 1.29 is 19.4 Å². The average molecular weight is 385 g/mol. The van der Waals surface area contributed by atoms with E-state index >= 15 is 0 Å². The number of nitrogens with one attached hydrogen (secondary N) is 1. The van der Waals surface area contributed by atoms with Gasteiger partial charge in [0.15, 0.2) is 0 Å². The highest BCUT2D eigenvalue weighted by atomic mass is 19.1. The Balaban J connectivity index is 1.57. The number of aliphatic hydroxyl groups excluding tert-OH is 1. The number of rotatable bonds is 7. The fourth-order valence-corrected chi connectivity index (χ4v) is 3.06. The number of halogens is 1. The Hall–Kier alpha value is -2.77. The van der Waals surface area contributed by atoms with Gasteiger partial charge in [0.1, 0.15) is 17.9 Å². The summed E-state index contributed by atoms with van der Waals surface area (Å²) in [6, 6.07) is 11.1. The van der Waals surface area contributed by atoms with Gasteiger partial charge in [0.2, 0.25) is 5.91 Å². The summed E-state index contributed by atoms with van der Waals surface area (Å²) in [5.74, 6) is -0.907. The topological polar surface area (TPSA) is 87.4 Å². The van der Waals surface area contributed by atoms with Crippen LogP contribution >= 0.6 is 0 Å². The van der Waals surface area contributed by atoms with Crippen molar-refractivity contribution in [3.63, 3.8) is 0 Å². The summed E-state index contributed by atoms with van der Waals surface area (Å²) < 4.78 is 15.4. The molecule has 7 heteroatoms. The molecule has 0 saturated carbocycles. The molecule has 148 valence electrons. The van der Waals surface area contributed by atoms with Crippen LogP contribution in [0.3, 0.4) is 0 Å². The molecule has 0 fully saturated rings. The lowest BCUT2D eigenvalue weighted by Crippen LogP contribution is -2.42. The van der Waals surface area contributed by atoms with Gasteiger partial charge in [-0.25, -0.2) is 9.37 Å². The molecule has 6 nitrogen and oxygen atoms in total. The number of aliphatic hydroxyl groups is 1. The van der Waals surface area contributed by atoms with E-state index in [9.17, 15) is 19.4 Å². The Labute approximate surface area is 162 Å². The summed E-state index contributed by atoms with van der Waals surface area (Å²) >= 11 is 0. The smallest absolute Gasteiger partial charge is 0.232 e. The maximum absolute atomic E-state index is 13.9. The van der Waals surface area contributed by atoms with E-state index in [2.05, 4.69) is 10.3 Å². The lowest BCUT2D eigenvalue weighted by atomic mass is 9.97. The molecule has 0 saturated heterocycles. The highest BCUT2D eigenvalue weighted by molar-refractivity contribution is 5.90. The zero-order valence-electron chi connectivity index (χ0n) is 15.9. The highest BCUT2D eigenvalue weighted by Gasteiger charge is 2.22. The van der Waals surface area contributed by atoms with E-state index in [1.807, 2.05) is 38.1 Å². The molecule has 1 aromatic heterocycles. The minimum atomic E-state index is -1.06. The molecule has 1 atom stereocenters. The van der Waals surface area contributed by atoms with Crippen LogP contribution in [0.25, 0.3) is 11.0 Å². The van der Waals surface area contributed by atoms with Crippen LogP contribution in [-0.2, 0) is 0 Å². The number of imidazole rings is 1. The number of aromatic hydroxyl groups is 1. The quantitative estimate of drug-likeness (QED) is 0.580. The molecule has 0 aliphatic carbocycles. The van der Waals surface area contributed by atoms with Crippen LogP contribution in [0.1, 0.15) is 43.2 Å².